The number of aromatic nitrogens is 3. The Labute approximate surface area is 113 Å². The minimum absolute atomic E-state index is 0.570. The van der Waals surface area contributed by atoms with Crippen LogP contribution in [0.4, 0.5) is 0 Å². The maximum atomic E-state index is 4.42. The largest absolute Gasteiger partial charge is 0.298 e. The van der Waals surface area contributed by atoms with Crippen molar-refractivity contribution in [3.8, 4) is 0 Å². The van der Waals surface area contributed by atoms with E-state index < -0.39 is 0 Å². The smallest absolute Gasteiger partial charge is 0.0668 e. The zero-order valence-corrected chi connectivity index (χ0v) is 11.3. The number of aromatic amines is 1. The van der Waals surface area contributed by atoms with Crippen molar-refractivity contribution >= 4 is 0 Å². The van der Waals surface area contributed by atoms with Crippen molar-refractivity contribution in [3.63, 3.8) is 0 Å². The molecule has 2 aromatic rings. The number of hydrogen-bond donors (Lipinski definition) is 1. The van der Waals surface area contributed by atoms with E-state index in [2.05, 4.69) is 45.2 Å². The third kappa shape index (κ3) is 3.01. The molecule has 1 N–H and O–H groups in total. The molecule has 0 unspecified atom stereocenters. The fourth-order valence-electron chi connectivity index (χ4n) is 2.84. The summed E-state index contributed by atoms with van der Waals surface area (Å²) in [5.41, 5.74) is 3.71. The lowest BCUT2D eigenvalue weighted by Gasteiger charge is -2.31. The SMILES string of the molecule is Cc1cc([C@@H]2CCCN(Cc3ccncc3)C2)n[nH]1. The van der Waals surface area contributed by atoms with Gasteiger partial charge < -0.3 is 0 Å². The fourth-order valence-corrected chi connectivity index (χ4v) is 2.84. The van der Waals surface area contributed by atoms with Crippen LogP contribution in [0.3, 0.4) is 0 Å². The first-order valence-corrected chi connectivity index (χ1v) is 6.94. The maximum Gasteiger partial charge on any atom is 0.0668 e. The minimum atomic E-state index is 0.570. The minimum Gasteiger partial charge on any atom is -0.298 e. The molecule has 0 aromatic carbocycles. The van der Waals surface area contributed by atoms with E-state index in [0.717, 1.165) is 18.8 Å². The first-order chi connectivity index (χ1) is 9.31. The van der Waals surface area contributed by atoms with E-state index in [1.165, 1.54) is 30.6 Å². The molecule has 0 amide bonds. The number of H-pyrrole nitrogens is 1. The van der Waals surface area contributed by atoms with Crippen LogP contribution in [0.25, 0.3) is 0 Å². The highest BCUT2D eigenvalue weighted by molar-refractivity contribution is 5.14. The molecule has 1 atom stereocenters. The third-order valence-electron chi connectivity index (χ3n) is 3.81. The van der Waals surface area contributed by atoms with Gasteiger partial charge in [-0.2, -0.15) is 5.10 Å². The summed E-state index contributed by atoms with van der Waals surface area (Å²) in [6, 6.07) is 6.38. The van der Waals surface area contributed by atoms with Crippen molar-refractivity contribution in [2.75, 3.05) is 13.1 Å². The van der Waals surface area contributed by atoms with Gasteiger partial charge in [-0.3, -0.25) is 15.0 Å². The molecule has 4 heteroatoms. The molecule has 0 radical (unpaired) electrons. The summed E-state index contributed by atoms with van der Waals surface area (Å²) in [7, 11) is 0. The normalized spacial score (nSPS) is 20.6. The molecular weight excluding hydrogens is 236 g/mol. The Morgan fingerprint density at radius 1 is 1.37 bits per heavy atom. The molecule has 3 heterocycles. The average molecular weight is 256 g/mol. The summed E-state index contributed by atoms with van der Waals surface area (Å²) >= 11 is 0. The van der Waals surface area contributed by atoms with Crippen LogP contribution in [0, 0.1) is 6.92 Å². The van der Waals surface area contributed by atoms with Gasteiger partial charge in [0.25, 0.3) is 0 Å². The Morgan fingerprint density at radius 3 is 2.95 bits per heavy atom. The van der Waals surface area contributed by atoms with Gasteiger partial charge in [0.1, 0.15) is 0 Å². The zero-order valence-electron chi connectivity index (χ0n) is 11.3. The molecule has 1 aliphatic heterocycles. The molecule has 100 valence electrons. The Hall–Kier alpha value is -1.68. The molecule has 4 nitrogen and oxygen atoms in total. The summed E-state index contributed by atoms with van der Waals surface area (Å²) in [6.45, 7) is 5.37. The number of aryl methyl sites for hydroxylation is 1. The molecule has 0 aliphatic carbocycles. The van der Waals surface area contributed by atoms with Crippen molar-refractivity contribution in [2.45, 2.75) is 32.2 Å². The van der Waals surface area contributed by atoms with Crippen LogP contribution < -0.4 is 0 Å². The quantitative estimate of drug-likeness (QED) is 0.917. The van der Waals surface area contributed by atoms with Crippen LogP contribution in [0.15, 0.2) is 30.6 Å². The van der Waals surface area contributed by atoms with E-state index in [-0.39, 0.29) is 0 Å². The maximum absolute atomic E-state index is 4.42. The fraction of sp³-hybridized carbons (Fsp3) is 0.467. The molecule has 0 spiro atoms. The van der Waals surface area contributed by atoms with Crippen LogP contribution in [0.1, 0.15) is 35.7 Å². The van der Waals surface area contributed by atoms with Crippen LogP contribution in [-0.4, -0.2) is 33.2 Å². The summed E-state index contributed by atoms with van der Waals surface area (Å²) in [5.74, 6) is 0.570. The van der Waals surface area contributed by atoms with E-state index in [4.69, 9.17) is 0 Å². The molecule has 0 bridgehead atoms. The van der Waals surface area contributed by atoms with Gasteiger partial charge >= 0.3 is 0 Å². The molecule has 1 aliphatic rings. The summed E-state index contributed by atoms with van der Waals surface area (Å²) in [5, 5.41) is 7.47. The van der Waals surface area contributed by atoms with E-state index in [1.54, 1.807) is 0 Å². The van der Waals surface area contributed by atoms with Gasteiger partial charge in [-0.05, 0) is 50.1 Å². The number of hydrogen-bond acceptors (Lipinski definition) is 3. The van der Waals surface area contributed by atoms with Gasteiger partial charge in [-0.15, -0.1) is 0 Å². The zero-order chi connectivity index (χ0) is 13.1. The average Bonchev–Trinajstić information content (AvgIpc) is 2.87. The first kappa shape index (κ1) is 12.4. The monoisotopic (exact) mass is 256 g/mol. The van der Waals surface area contributed by atoms with Crippen molar-refractivity contribution in [2.24, 2.45) is 0 Å². The van der Waals surface area contributed by atoms with Crippen LogP contribution in [0.5, 0.6) is 0 Å². The predicted molar refractivity (Wildman–Crippen MR) is 74.8 cm³/mol. The number of pyridine rings is 1. The predicted octanol–water partition coefficient (Wildman–Crippen LogP) is 2.49. The highest BCUT2D eigenvalue weighted by atomic mass is 15.2. The number of nitrogens with zero attached hydrogens (tertiary/aromatic N) is 3. The Morgan fingerprint density at radius 2 is 2.21 bits per heavy atom. The van der Waals surface area contributed by atoms with Crippen LogP contribution in [0.2, 0.25) is 0 Å². The van der Waals surface area contributed by atoms with E-state index in [9.17, 15) is 0 Å². The Bertz CT molecular complexity index is 520. The van der Waals surface area contributed by atoms with E-state index >= 15 is 0 Å². The second kappa shape index (κ2) is 5.53. The molecule has 0 saturated carbocycles. The highest BCUT2D eigenvalue weighted by Crippen LogP contribution is 2.26. The Balaban J connectivity index is 1.65. The second-order valence-corrected chi connectivity index (χ2v) is 5.41. The molecular formula is C15H20N4. The molecule has 19 heavy (non-hydrogen) atoms. The lowest BCUT2D eigenvalue weighted by atomic mass is 9.94. The molecule has 1 fully saturated rings. The number of rotatable bonds is 3. The van der Waals surface area contributed by atoms with Gasteiger partial charge in [0.05, 0.1) is 5.69 Å². The van der Waals surface area contributed by atoms with Gasteiger partial charge in [-0.25, -0.2) is 0 Å². The van der Waals surface area contributed by atoms with Crippen LogP contribution >= 0.6 is 0 Å². The number of nitrogens with one attached hydrogen (secondary N) is 1. The second-order valence-electron chi connectivity index (χ2n) is 5.41. The Kier molecular flexibility index (Phi) is 3.60. The highest BCUT2D eigenvalue weighted by Gasteiger charge is 2.22. The van der Waals surface area contributed by atoms with E-state index in [0.29, 0.717) is 5.92 Å². The summed E-state index contributed by atoms with van der Waals surface area (Å²) in [6.07, 6.45) is 6.24. The van der Waals surface area contributed by atoms with Crippen molar-refractivity contribution in [3.05, 3.63) is 47.5 Å². The van der Waals surface area contributed by atoms with Gasteiger partial charge in [0.2, 0.25) is 0 Å². The number of likely N-dealkylation sites (tertiary alicyclic amines) is 1. The van der Waals surface area contributed by atoms with Crippen LogP contribution in [-0.2, 0) is 6.54 Å². The van der Waals surface area contributed by atoms with Crippen molar-refractivity contribution in [1.29, 1.82) is 0 Å². The van der Waals surface area contributed by atoms with Gasteiger partial charge in [0, 0.05) is 37.1 Å². The summed E-state index contributed by atoms with van der Waals surface area (Å²) in [4.78, 5) is 6.59. The lowest BCUT2D eigenvalue weighted by molar-refractivity contribution is 0.198. The molecule has 2 aromatic heterocycles. The van der Waals surface area contributed by atoms with Crippen molar-refractivity contribution < 1.29 is 0 Å². The topological polar surface area (TPSA) is 44.8 Å². The third-order valence-corrected chi connectivity index (χ3v) is 3.81. The first-order valence-electron chi connectivity index (χ1n) is 6.94. The lowest BCUT2D eigenvalue weighted by Crippen LogP contribution is -2.34. The number of piperidine rings is 1. The van der Waals surface area contributed by atoms with Gasteiger partial charge in [-0.1, -0.05) is 0 Å². The molecule has 1 saturated heterocycles. The van der Waals surface area contributed by atoms with Gasteiger partial charge in [0.15, 0.2) is 0 Å². The van der Waals surface area contributed by atoms with E-state index in [1.807, 2.05) is 12.4 Å². The van der Waals surface area contributed by atoms with Crippen molar-refractivity contribution in [1.82, 2.24) is 20.1 Å². The standard InChI is InChI=1S/C15H20N4/c1-12-9-15(18-17-12)14-3-2-8-19(11-14)10-13-4-6-16-7-5-13/h4-7,9,14H,2-3,8,10-11H2,1H3,(H,17,18)/t14-/m1/s1. The summed E-state index contributed by atoms with van der Waals surface area (Å²) < 4.78 is 0. The molecule has 3 rings (SSSR count).